The second kappa shape index (κ2) is 10.2. The zero-order chi connectivity index (χ0) is 29.7. The van der Waals surface area contributed by atoms with Gasteiger partial charge in [-0.1, -0.05) is 84.9 Å². The van der Waals surface area contributed by atoms with Gasteiger partial charge in [0.25, 0.3) is 0 Å². The third kappa shape index (κ3) is 4.35. The van der Waals surface area contributed by atoms with Crippen molar-refractivity contribution in [3.8, 4) is 22.6 Å². The summed E-state index contributed by atoms with van der Waals surface area (Å²) in [4.78, 5) is 7.05. The molecular weight excluding hydrogens is 552 g/mol. The molecule has 0 spiro atoms. The van der Waals surface area contributed by atoms with Crippen molar-refractivity contribution in [2.75, 3.05) is 4.90 Å². The van der Waals surface area contributed by atoms with Crippen LogP contribution in [0.2, 0.25) is 0 Å². The van der Waals surface area contributed by atoms with Gasteiger partial charge in [0.2, 0.25) is 5.89 Å². The molecule has 7 aromatic carbocycles. The first kappa shape index (κ1) is 25.4. The number of oxazole rings is 1. The van der Waals surface area contributed by atoms with Crippen molar-refractivity contribution in [1.29, 1.82) is 0 Å². The van der Waals surface area contributed by atoms with Crippen LogP contribution in [0.1, 0.15) is 0 Å². The minimum absolute atomic E-state index is 0.588. The molecule has 0 bridgehead atoms. The minimum atomic E-state index is 0.588. The lowest BCUT2D eigenvalue weighted by Gasteiger charge is -2.26. The number of hydrogen-bond donors (Lipinski definition) is 0. The highest BCUT2D eigenvalue weighted by molar-refractivity contribution is 6.12. The number of aromatic nitrogens is 1. The van der Waals surface area contributed by atoms with Gasteiger partial charge in [0.05, 0.1) is 0 Å². The largest absolute Gasteiger partial charge is 0.456 e. The summed E-state index contributed by atoms with van der Waals surface area (Å²) in [5.41, 5.74) is 9.60. The fourth-order valence-corrected chi connectivity index (χ4v) is 6.34. The van der Waals surface area contributed by atoms with Gasteiger partial charge in [-0.15, -0.1) is 0 Å². The molecule has 0 aliphatic carbocycles. The first-order valence-electron chi connectivity index (χ1n) is 15.0. The highest BCUT2D eigenvalue weighted by Gasteiger charge is 2.19. The first-order chi connectivity index (χ1) is 22.3. The van der Waals surface area contributed by atoms with Crippen LogP contribution >= 0.6 is 0 Å². The molecule has 2 heterocycles. The molecule has 45 heavy (non-hydrogen) atoms. The van der Waals surface area contributed by atoms with Gasteiger partial charge in [-0.3, -0.25) is 0 Å². The number of anilines is 3. The first-order valence-corrected chi connectivity index (χ1v) is 15.0. The molecule has 0 saturated heterocycles. The highest BCUT2D eigenvalue weighted by Crippen LogP contribution is 2.42. The smallest absolute Gasteiger partial charge is 0.228 e. The van der Waals surface area contributed by atoms with Gasteiger partial charge in [0.15, 0.2) is 5.58 Å². The Morgan fingerprint density at radius 2 is 1.18 bits per heavy atom. The number of rotatable bonds is 5. The lowest BCUT2D eigenvalue weighted by Crippen LogP contribution is -2.09. The van der Waals surface area contributed by atoms with Crippen LogP contribution in [0.3, 0.4) is 0 Å². The Morgan fingerprint density at radius 1 is 0.444 bits per heavy atom. The lowest BCUT2D eigenvalue weighted by molar-refractivity contribution is 0.620. The molecule has 0 amide bonds. The number of benzene rings is 7. The summed E-state index contributed by atoms with van der Waals surface area (Å²) in [6.07, 6.45) is 0. The molecule has 212 valence electrons. The molecule has 4 heteroatoms. The Bertz CT molecular complexity index is 2480. The van der Waals surface area contributed by atoms with E-state index < -0.39 is 0 Å². The lowest BCUT2D eigenvalue weighted by atomic mass is 10.0. The summed E-state index contributed by atoms with van der Waals surface area (Å²) in [5.74, 6) is 0.588. The van der Waals surface area contributed by atoms with Crippen LogP contribution in [-0.4, -0.2) is 4.98 Å². The van der Waals surface area contributed by atoms with Crippen molar-refractivity contribution in [2.45, 2.75) is 0 Å². The van der Waals surface area contributed by atoms with Crippen LogP contribution in [0.5, 0.6) is 0 Å². The SMILES string of the molecule is c1ccc(N(c2cccc(-c3ccc4ccccc4c3)c2)c2ccc3c(c2)oc2cccc(-c4nc5ccccc5o4)c23)cc1. The summed E-state index contributed by atoms with van der Waals surface area (Å²) in [6, 6.07) is 54.6. The average Bonchev–Trinajstić information content (AvgIpc) is 3.70. The molecule has 0 saturated carbocycles. The predicted molar refractivity (Wildman–Crippen MR) is 184 cm³/mol. The van der Waals surface area contributed by atoms with Gasteiger partial charge in [-0.05, 0) is 88.6 Å². The van der Waals surface area contributed by atoms with Crippen molar-refractivity contribution in [1.82, 2.24) is 4.98 Å². The molecule has 0 atom stereocenters. The Labute approximate surface area is 259 Å². The number of nitrogens with zero attached hydrogens (tertiary/aromatic N) is 2. The Hall–Kier alpha value is -6.13. The molecule has 9 aromatic rings. The molecule has 0 N–H and O–H groups in total. The van der Waals surface area contributed by atoms with Crippen LogP contribution in [0.25, 0.3) is 66.4 Å². The maximum atomic E-state index is 6.49. The van der Waals surface area contributed by atoms with E-state index >= 15 is 0 Å². The average molecular weight is 579 g/mol. The van der Waals surface area contributed by atoms with Crippen molar-refractivity contribution < 1.29 is 8.83 Å². The summed E-state index contributed by atoms with van der Waals surface area (Å²) in [6.45, 7) is 0. The molecule has 9 rings (SSSR count). The van der Waals surface area contributed by atoms with Gasteiger partial charge < -0.3 is 13.7 Å². The van der Waals surface area contributed by atoms with Crippen LogP contribution in [-0.2, 0) is 0 Å². The zero-order valence-electron chi connectivity index (χ0n) is 24.2. The molecular formula is C41H26N2O2. The Balaban J connectivity index is 1.18. The van der Waals surface area contributed by atoms with E-state index in [0.29, 0.717) is 5.89 Å². The normalized spacial score (nSPS) is 11.6. The third-order valence-corrected chi connectivity index (χ3v) is 8.46. The fraction of sp³-hybridized carbons (Fsp3) is 0. The number of hydrogen-bond acceptors (Lipinski definition) is 4. The highest BCUT2D eigenvalue weighted by atomic mass is 16.3. The van der Waals surface area contributed by atoms with Crippen LogP contribution in [0, 0.1) is 0 Å². The van der Waals surface area contributed by atoms with E-state index in [9.17, 15) is 0 Å². The molecule has 0 fully saturated rings. The standard InChI is InChI=1S/C41H26N2O2/c1-2-13-31(14-3-1)43(32-15-8-12-29(25-32)30-21-20-27-10-4-5-11-28(27)24-30)33-22-23-34-39(26-33)44-38-19-9-16-35(40(34)38)41-42-36-17-6-7-18-37(36)45-41/h1-26H. The van der Waals surface area contributed by atoms with Crippen molar-refractivity contribution in [2.24, 2.45) is 0 Å². The molecule has 2 aromatic heterocycles. The molecule has 0 aliphatic rings. The van der Waals surface area contributed by atoms with E-state index in [1.807, 2.05) is 48.5 Å². The van der Waals surface area contributed by atoms with E-state index in [2.05, 4.69) is 114 Å². The van der Waals surface area contributed by atoms with Gasteiger partial charge in [0, 0.05) is 39.5 Å². The Kier molecular flexibility index (Phi) is 5.78. The van der Waals surface area contributed by atoms with Crippen LogP contribution < -0.4 is 4.90 Å². The van der Waals surface area contributed by atoms with Crippen molar-refractivity contribution in [3.05, 3.63) is 158 Å². The summed E-state index contributed by atoms with van der Waals surface area (Å²) < 4.78 is 12.7. The maximum Gasteiger partial charge on any atom is 0.228 e. The minimum Gasteiger partial charge on any atom is -0.456 e. The quantitative estimate of drug-likeness (QED) is 0.204. The Morgan fingerprint density at radius 3 is 2.09 bits per heavy atom. The van der Waals surface area contributed by atoms with E-state index in [-0.39, 0.29) is 0 Å². The van der Waals surface area contributed by atoms with Crippen molar-refractivity contribution in [3.63, 3.8) is 0 Å². The molecule has 0 unspecified atom stereocenters. The third-order valence-electron chi connectivity index (χ3n) is 8.46. The van der Waals surface area contributed by atoms with E-state index in [4.69, 9.17) is 13.8 Å². The molecule has 0 aliphatic heterocycles. The maximum absolute atomic E-state index is 6.49. The number of furan rings is 1. The second-order valence-corrected chi connectivity index (χ2v) is 11.2. The van der Waals surface area contributed by atoms with Gasteiger partial charge in [-0.2, -0.15) is 0 Å². The van der Waals surface area contributed by atoms with Gasteiger partial charge in [0.1, 0.15) is 16.7 Å². The van der Waals surface area contributed by atoms with Gasteiger partial charge >= 0.3 is 0 Å². The monoisotopic (exact) mass is 578 g/mol. The van der Waals surface area contributed by atoms with Crippen molar-refractivity contribution >= 4 is 60.9 Å². The second-order valence-electron chi connectivity index (χ2n) is 11.2. The van der Waals surface area contributed by atoms with E-state index in [1.54, 1.807) is 0 Å². The van der Waals surface area contributed by atoms with E-state index in [1.165, 1.54) is 16.3 Å². The van der Waals surface area contributed by atoms with Gasteiger partial charge in [-0.25, -0.2) is 4.98 Å². The topological polar surface area (TPSA) is 42.4 Å². The van der Waals surface area contributed by atoms with Crippen LogP contribution in [0.15, 0.2) is 167 Å². The molecule has 4 nitrogen and oxygen atoms in total. The molecule has 0 radical (unpaired) electrons. The zero-order valence-corrected chi connectivity index (χ0v) is 24.2. The van der Waals surface area contributed by atoms with Crippen LogP contribution in [0.4, 0.5) is 17.1 Å². The number of para-hydroxylation sites is 3. The summed E-state index contributed by atoms with van der Waals surface area (Å²) in [5, 5.41) is 4.48. The fourth-order valence-electron chi connectivity index (χ4n) is 6.34. The summed E-state index contributed by atoms with van der Waals surface area (Å²) in [7, 11) is 0. The predicted octanol–water partition coefficient (Wildman–Crippen LogP) is 11.7. The summed E-state index contributed by atoms with van der Waals surface area (Å²) >= 11 is 0. The van der Waals surface area contributed by atoms with E-state index in [0.717, 1.165) is 61.2 Å². The number of fused-ring (bicyclic) bond motifs is 5.